The first-order valence-corrected chi connectivity index (χ1v) is 6.74. The predicted octanol–water partition coefficient (Wildman–Crippen LogP) is 4.17. The molecule has 1 aliphatic rings. The predicted molar refractivity (Wildman–Crippen MR) is 76.9 cm³/mol. The Morgan fingerprint density at radius 2 is 1.37 bits per heavy atom. The molecule has 2 nitrogen and oxygen atoms in total. The van der Waals surface area contributed by atoms with E-state index in [1.807, 2.05) is 30.3 Å². The van der Waals surface area contributed by atoms with Gasteiger partial charge in [-0.1, -0.05) is 42.5 Å². The molecule has 0 radical (unpaired) electrons. The van der Waals surface area contributed by atoms with Crippen molar-refractivity contribution in [2.45, 2.75) is 18.8 Å². The lowest BCUT2D eigenvalue weighted by atomic mass is 10.1. The smallest absolute Gasteiger partial charge is 0.0928 e. The molecule has 3 aromatic rings. The summed E-state index contributed by atoms with van der Waals surface area (Å²) in [6.45, 7) is 0. The largest absolute Gasteiger partial charge is 0.249 e. The lowest BCUT2D eigenvalue weighted by Crippen LogP contribution is -1.97. The third-order valence-electron chi connectivity index (χ3n) is 3.61. The zero-order valence-corrected chi connectivity index (χ0v) is 10.6. The highest BCUT2D eigenvalue weighted by molar-refractivity contribution is 5.78. The first kappa shape index (κ1) is 10.7. The van der Waals surface area contributed by atoms with E-state index < -0.39 is 0 Å². The van der Waals surface area contributed by atoms with E-state index in [4.69, 9.17) is 9.97 Å². The number of fused-ring (bicyclic) bond motifs is 1. The van der Waals surface area contributed by atoms with Crippen molar-refractivity contribution in [3.63, 3.8) is 0 Å². The molecule has 4 rings (SSSR count). The summed E-state index contributed by atoms with van der Waals surface area (Å²) in [6.07, 6.45) is 2.49. The van der Waals surface area contributed by atoms with E-state index in [0.717, 1.165) is 16.7 Å². The SMILES string of the molecule is c1ccc(-c2nc3ccccc3nc2C2CC2)cc1. The van der Waals surface area contributed by atoms with E-state index in [-0.39, 0.29) is 0 Å². The second-order valence-corrected chi connectivity index (χ2v) is 5.09. The maximum Gasteiger partial charge on any atom is 0.0928 e. The Hall–Kier alpha value is -2.22. The Kier molecular flexibility index (Phi) is 2.34. The van der Waals surface area contributed by atoms with E-state index in [2.05, 4.69) is 24.3 Å². The molecule has 0 unspecified atom stereocenters. The zero-order valence-electron chi connectivity index (χ0n) is 10.6. The van der Waals surface area contributed by atoms with Crippen molar-refractivity contribution in [3.8, 4) is 11.3 Å². The maximum atomic E-state index is 4.85. The summed E-state index contributed by atoms with van der Waals surface area (Å²) in [4.78, 5) is 9.70. The van der Waals surface area contributed by atoms with Crippen LogP contribution in [0.1, 0.15) is 24.5 Å². The number of aromatic nitrogens is 2. The molecule has 0 amide bonds. The highest BCUT2D eigenvalue weighted by Crippen LogP contribution is 2.43. The molecule has 2 aromatic carbocycles. The minimum Gasteiger partial charge on any atom is -0.249 e. The Bertz CT molecular complexity index is 731. The molecule has 0 atom stereocenters. The van der Waals surface area contributed by atoms with Crippen molar-refractivity contribution in [3.05, 3.63) is 60.3 Å². The van der Waals surface area contributed by atoms with E-state index in [0.29, 0.717) is 5.92 Å². The first-order chi connectivity index (χ1) is 9.42. The summed E-state index contributed by atoms with van der Waals surface area (Å²) >= 11 is 0. The van der Waals surface area contributed by atoms with Crippen LogP contribution >= 0.6 is 0 Å². The van der Waals surface area contributed by atoms with E-state index in [1.54, 1.807) is 0 Å². The summed E-state index contributed by atoms with van der Waals surface area (Å²) < 4.78 is 0. The number of nitrogens with zero attached hydrogens (tertiary/aromatic N) is 2. The fourth-order valence-electron chi connectivity index (χ4n) is 2.46. The minimum atomic E-state index is 0.604. The second kappa shape index (κ2) is 4.16. The Labute approximate surface area is 112 Å². The molecule has 0 saturated heterocycles. The summed E-state index contributed by atoms with van der Waals surface area (Å²) in [5.41, 5.74) is 5.38. The van der Waals surface area contributed by atoms with Crippen LogP contribution in [0.15, 0.2) is 54.6 Å². The van der Waals surface area contributed by atoms with Gasteiger partial charge in [0, 0.05) is 11.5 Å². The molecule has 1 heterocycles. The van der Waals surface area contributed by atoms with Crippen LogP contribution in [0.3, 0.4) is 0 Å². The van der Waals surface area contributed by atoms with Gasteiger partial charge in [-0.25, -0.2) is 9.97 Å². The topological polar surface area (TPSA) is 25.8 Å². The molecule has 92 valence electrons. The molecule has 19 heavy (non-hydrogen) atoms. The van der Waals surface area contributed by atoms with Gasteiger partial charge in [-0.2, -0.15) is 0 Å². The molecule has 0 bridgehead atoms. The van der Waals surface area contributed by atoms with Crippen LogP contribution < -0.4 is 0 Å². The fourth-order valence-corrected chi connectivity index (χ4v) is 2.46. The summed E-state index contributed by atoms with van der Waals surface area (Å²) in [7, 11) is 0. The number of para-hydroxylation sites is 2. The zero-order chi connectivity index (χ0) is 12.7. The molecule has 1 saturated carbocycles. The number of rotatable bonds is 2. The van der Waals surface area contributed by atoms with Crippen LogP contribution in [0.2, 0.25) is 0 Å². The fraction of sp³-hybridized carbons (Fsp3) is 0.176. The van der Waals surface area contributed by atoms with Crippen molar-refractivity contribution in [1.29, 1.82) is 0 Å². The first-order valence-electron chi connectivity index (χ1n) is 6.74. The monoisotopic (exact) mass is 246 g/mol. The third kappa shape index (κ3) is 1.89. The van der Waals surface area contributed by atoms with Gasteiger partial charge in [0.1, 0.15) is 0 Å². The van der Waals surface area contributed by atoms with Crippen molar-refractivity contribution in [2.75, 3.05) is 0 Å². The summed E-state index contributed by atoms with van der Waals surface area (Å²) in [5.74, 6) is 0.604. The lowest BCUT2D eigenvalue weighted by molar-refractivity contribution is 1.02. The average molecular weight is 246 g/mol. The van der Waals surface area contributed by atoms with Crippen molar-refractivity contribution >= 4 is 11.0 Å². The van der Waals surface area contributed by atoms with Crippen LogP contribution in [-0.4, -0.2) is 9.97 Å². The van der Waals surface area contributed by atoms with E-state index >= 15 is 0 Å². The van der Waals surface area contributed by atoms with Crippen molar-refractivity contribution in [2.24, 2.45) is 0 Å². The number of hydrogen-bond donors (Lipinski definition) is 0. The van der Waals surface area contributed by atoms with Crippen molar-refractivity contribution < 1.29 is 0 Å². The highest BCUT2D eigenvalue weighted by atomic mass is 14.8. The molecule has 2 heteroatoms. The molecular formula is C17H14N2. The molecule has 0 spiro atoms. The van der Waals surface area contributed by atoms with Crippen LogP contribution in [0.4, 0.5) is 0 Å². The lowest BCUT2D eigenvalue weighted by Gasteiger charge is -2.09. The Balaban J connectivity index is 1.99. The molecule has 0 aliphatic heterocycles. The Morgan fingerprint density at radius 3 is 2.05 bits per heavy atom. The summed E-state index contributed by atoms with van der Waals surface area (Å²) in [5, 5.41) is 0. The minimum absolute atomic E-state index is 0.604. The van der Waals surface area contributed by atoms with Crippen LogP contribution in [0, 0.1) is 0 Å². The molecule has 1 aromatic heterocycles. The molecule has 1 aliphatic carbocycles. The van der Waals surface area contributed by atoms with Gasteiger partial charge in [-0.3, -0.25) is 0 Å². The van der Waals surface area contributed by atoms with Gasteiger partial charge in [0.2, 0.25) is 0 Å². The highest BCUT2D eigenvalue weighted by Gasteiger charge is 2.29. The third-order valence-corrected chi connectivity index (χ3v) is 3.61. The average Bonchev–Trinajstić information content (AvgIpc) is 3.31. The van der Waals surface area contributed by atoms with E-state index in [9.17, 15) is 0 Å². The van der Waals surface area contributed by atoms with Gasteiger partial charge in [0.05, 0.1) is 22.4 Å². The quantitative estimate of drug-likeness (QED) is 0.678. The van der Waals surface area contributed by atoms with Crippen molar-refractivity contribution in [1.82, 2.24) is 9.97 Å². The van der Waals surface area contributed by atoms with Gasteiger partial charge in [0.25, 0.3) is 0 Å². The van der Waals surface area contributed by atoms with Gasteiger partial charge < -0.3 is 0 Å². The molecular weight excluding hydrogens is 232 g/mol. The van der Waals surface area contributed by atoms with Gasteiger partial charge in [0.15, 0.2) is 0 Å². The van der Waals surface area contributed by atoms with Gasteiger partial charge in [-0.15, -0.1) is 0 Å². The maximum absolute atomic E-state index is 4.85. The molecule has 1 fully saturated rings. The van der Waals surface area contributed by atoms with Crippen LogP contribution in [-0.2, 0) is 0 Å². The number of benzene rings is 2. The van der Waals surface area contributed by atoms with Crippen LogP contribution in [0.5, 0.6) is 0 Å². The second-order valence-electron chi connectivity index (χ2n) is 5.09. The normalized spacial score (nSPS) is 14.7. The van der Waals surface area contributed by atoms with Gasteiger partial charge in [-0.05, 0) is 25.0 Å². The summed E-state index contributed by atoms with van der Waals surface area (Å²) in [6, 6.07) is 18.5. The van der Waals surface area contributed by atoms with Crippen LogP contribution in [0.25, 0.3) is 22.3 Å². The van der Waals surface area contributed by atoms with Gasteiger partial charge >= 0.3 is 0 Å². The number of hydrogen-bond acceptors (Lipinski definition) is 2. The molecule has 0 N–H and O–H groups in total. The van der Waals surface area contributed by atoms with E-state index in [1.165, 1.54) is 24.1 Å². The Morgan fingerprint density at radius 1 is 0.737 bits per heavy atom. The standard InChI is InChI=1S/C17H14N2/c1-2-6-12(7-3-1)16-17(13-10-11-13)19-15-9-5-4-8-14(15)18-16/h1-9,13H,10-11H2.